The zero-order valence-electron chi connectivity index (χ0n) is 10.4. The van der Waals surface area contributed by atoms with Crippen LogP contribution in [-0.2, 0) is 4.79 Å². The fourth-order valence-corrected chi connectivity index (χ4v) is 1.34. The van der Waals surface area contributed by atoms with E-state index in [1.165, 1.54) is 0 Å². The Morgan fingerprint density at radius 3 is 2.11 bits per heavy atom. The molecule has 0 unspecified atom stereocenters. The van der Waals surface area contributed by atoms with Gasteiger partial charge in [0.05, 0.1) is 0 Å². The summed E-state index contributed by atoms with van der Waals surface area (Å²) in [5.41, 5.74) is 0.00891. The van der Waals surface area contributed by atoms with E-state index >= 15 is 0 Å². The minimum atomic E-state index is -0.674. The highest BCUT2D eigenvalue weighted by molar-refractivity contribution is 5.95. The molecule has 0 aliphatic rings. The number of carbonyl (C=O) groups is 2. The second-order valence-electron chi connectivity index (χ2n) is 3.82. The lowest BCUT2D eigenvalue weighted by Gasteiger charge is -2.08. The quantitative estimate of drug-likeness (QED) is 0.382. The zero-order valence-corrected chi connectivity index (χ0v) is 10.4. The molecule has 7 heteroatoms. The Labute approximate surface area is 109 Å². The predicted octanol–water partition coefficient (Wildman–Crippen LogP) is 0.0594. The highest BCUT2D eigenvalue weighted by Gasteiger charge is 2.12. The smallest absolute Gasteiger partial charge is 0.251 e. The fraction of sp³-hybridized carbons (Fsp3) is 0.333. The SMILES string of the molecule is CCC(=O)NCCNC(=O)c1cc(O)c(O)c(O)c1. The molecule has 1 aromatic rings. The average molecular weight is 268 g/mol. The van der Waals surface area contributed by atoms with Crippen LogP contribution in [0.1, 0.15) is 23.7 Å². The number of phenolic OH excluding ortho intramolecular Hbond substituents is 3. The van der Waals surface area contributed by atoms with Gasteiger partial charge in [-0.25, -0.2) is 0 Å². The monoisotopic (exact) mass is 268 g/mol. The number of hydrogen-bond donors (Lipinski definition) is 5. The van der Waals surface area contributed by atoms with Crippen LogP contribution in [0.4, 0.5) is 0 Å². The Balaban J connectivity index is 2.52. The van der Waals surface area contributed by atoms with Gasteiger partial charge in [-0.2, -0.15) is 0 Å². The molecule has 1 aromatic carbocycles. The lowest BCUT2D eigenvalue weighted by Crippen LogP contribution is -2.34. The Morgan fingerprint density at radius 2 is 1.58 bits per heavy atom. The van der Waals surface area contributed by atoms with Crippen molar-refractivity contribution >= 4 is 11.8 Å². The van der Waals surface area contributed by atoms with Crippen molar-refractivity contribution in [3.05, 3.63) is 17.7 Å². The van der Waals surface area contributed by atoms with Gasteiger partial charge in [-0.05, 0) is 12.1 Å². The van der Waals surface area contributed by atoms with Crippen molar-refractivity contribution in [2.45, 2.75) is 13.3 Å². The Kier molecular flexibility index (Phi) is 4.99. The summed E-state index contributed by atoms with van der Waals surface area (Å²) < 4.78 is 0. The number of rotatable bonds is 5. The van der Waals surface area contributed by atoms with E-state index in [1.807, 2.05) is 0 Å². The van der Waals surface area contributed by atoms with Crippen molar-refractivity contribution in [1.29, 1.82) is 0 Å². The van der Waals surface area contributed by atoms with Gasteiger partial charge in [0.1, 0.15) is 0 Å². The van der Waals surface area contributed by atoms with Crippen molar-refractivity contribution in [3.63, 3.8) is 0 Å². The number of nitrogens with one attached hydrogen (secondary N) is 2. The summed E-state index contributed by atoms with van der Waals surface area (Å²) in [6, 6.07) is 2.07. The van der Waals surface area contributed by atoms with Gasteiger partial charge in [0.25, 0.3) is 5.91 Å². The third-order valence-electron chi connectivity index (χ3n) is 2.39. The molecule has 0 aromatic heterocycles. The van der Waals surface area contributed by atoms with Crippen molar-refractivity contribution in [3.8, 4) is 17.2 Å². The van der Waals surface area contributed by atoms with Crippen molar-refractivity contribution in [2.24, 2.45) is 0 Å². The van der Waals surface area contributed by atoms with Crippen LogP contribution in [0.15, 0.2) is 12.1 Å². The van der Waals surface area contributed by atoms with Crippen LogP contribution in [0.2, 0.25) is 0 Å². The molecule has 2 amide bonds. The van der Waals surface area contributed by atoms with Crippen LogP contribution in [0.3, 0.4) is 0 Å². The highest BCUT2D eigenvalue weighted by atomic mass is 16.3. The summed E-state index contributed by atoms with van der Waals surface area (Å²) in [6.07, 6.45) is 0.369. The Morgan fingerprint density at radius 1 is 1.05 bits per heavy atom. The first-order chi connectivity index (χ1) is 8.95. The van der Waals surface area contributed by atoms with Crippen molar-refractivity contribution in [1.82, 2.24) is 10.6 Å². The molecule has 0 heterocycles. The van der Waals surface area contributed by atoms with Crippen molar-refractivity contribution in [2.75, 3.05) is 13.1 Å². The first-order valence-electron chi connectivity index (χ1n) is 5.75. The van der Waals surface area contributed by atoms with Gasteiger partial charge in [0.2, 0.25) is 5.91 Å². The zero-order chi connectivity index (χ0) is 14.4. The van der Waals surface area contributed by atoms with Gasteiger partial charge < -0.3 is 26.0 Å². The third-order valence-corrected chi connectivity index (χ3v) is 2.39. The van der Waals surface area contributed by atoms with Gasteiger partial charge in [-0.15, -0.1) is 0 Å². The molecule has 104 valence electrons. The summed E-state index contributed by atoms with van der Waals surface area (Å²) in [5, 5.41) is 32.7. The molecule has 0 aliphatic heterocycles. The molecular formula is C12H16N2O5. The molecule has 0 aliphatic carbocycles. The summed E-state index contributed by atoms with van der Waals surface area (Å²) in [5.74, 6) is -2.48. The summed E-state index contributed by atoms with van der Waals surface area (Å²) in [6.45, 7) is 2.22. The van der Waals surface area contributed by atoms with Gasteiger partial charge >= 0.3 is 0 Å². The highest BCUT2D eigenvalue weighted by Crippen LogP contribution is 2.35. The van der Waals surface area contributed by atoms with Crippen LogP contribution < -0.4 is 10.6 Å². The summed E-state index contributed by atoms with van der Waals surface area (Å²) in [4.78, 5) is 22.6. The molecule has 0 saturated carbocycles. The van der Waals surface area contributed by atoms with Crippen LogP contribution >= 0.6 is 0 Å². The second-order valence-corrected chi connectivity index (χ2v) is 3.82. The molecule has 1 rings (SSSR count). The normalized spacial score (nSPS) is 9.95. The minimum absolute atomic E-state index is 0.00891. The maximum absolute atomic E-state index is 11.6. The van der Waals surface area contributed by atoms with E-state index in [9.17, 15) is 19.8 Å². The third kappa shape index (κ3) is 4.06. The fourth-order valence-electron chi connectivity index (χ4n) is 1.34. The average Bonchev–Trinajstić information content (AvgIpc) is 2.39. The van der Waals surface area contributed by atoms with Crippen LogP contribution in [0.5, 0.6) is 17.2 Å². The molecule has 0 atom stereocenters. The van der Waals surface area contributed by atoms with Crippen molar-refractivity contribution < 1.29 is 24.9 Å². The van der Waals surface area contributed by atoms with E-state index < -0.39 is 23.2 Å². The van der Waals surface area contributed by atoms with Crippen LogP contribution in [0, 0.1) is 0 Å². The summed E-state index contributed by atoms with van der Waals surface area (Å²) in [7, 11) is 0. The van der Waals surface area contributed by atoms with Gasteiger partial charge in [-0.3, -0.25) is 9.59 Å². The number of amides is 2. The van der Waals surface area contributed by atoms with E-state index in [0.29, 0.717) is 6.42 Å². The molecular weight excluding hydrogens is 252 g/mol. The number of phenols is 3. The van der Waals surface area contributed by atoms with Gasteiger partial charge in [-0.1, -0.05) is 6.92 Å². The van der Waals surface area contributed by atoms with Gasteiger partial charge in [0, 0.05) is 25.1 Å². The van der Waals surface area contributed by atoms with Crippen LogP contribution in [-0.4, -0.2) is 40.2 Å². The maximum Gasteiger partial charge on any atom is 0.251 e. The van der Waals surface area contributed by atoms with Crippen LogP contribution in [0.25, 0.3) is 0 Å². The number of benzene rings is 1. The molecule has 0 spiro atoms. The first kappa shape index (κ1) is 14.6. The summed E-state index contributed by atoms with van der Waals surface area (Å²) >= 11 is 0. The lowest BCUT2D eigenvalue weighted by molar-refractivity contribution is -0.120. The van der Waals surface area contributed by atoms with E-state index in [-0.39, 0.29) is 24.6 Å². The molecule has 7 nitrogen and oxygen atoms in total. The molecule has 5 N–H and O–H groups in total. The van der Waals surface area contributed by atoms with Gasteiger partial charge in [0.15, 0.2) is 17.2 Å². The molecule has 0 bridgehead atoms. The van der Waals surface area contributed by atoms with E-state index in [1.54, 1.807) is 6.92 Å². The Bertz CT molecular complexity index is 464. The number of hydrogen-bond acceptors (Lipinski definition) is 5. The van der Waals surface area contributed by atoms with E-state index in [0.717, 1.165) is 12.1 Å². The minimum Gasteiger partial charge on any atom is -0.504 e. The standard InChI is InChI=1S/C12H16N2O5/c1-2-10(17)13-3-4-14-12(19)7-5-8(15)11(18)9(16)6-7/h5-6,15-16,18H,2-4H2,1H3,(H,13,17)(H,14,19). The largest absolute Gasteiger partial charge is 0.504 e. The topological polar surface area (TPSA) is 119 Å². The predicted molar refractivity (Wildman–Crippen MR) is 67.1 cm³/mol. The molecule has 19 heavy (non-hydrogen) atoms. The number of carbonyl (C=O) groups excluding carboxylic acids is 2. The van der Waals surface area contributed by atoms with E-state index in [4.69, 9.17) is 5.11 Å². The molecule has 0 fully saturated rings. The molecule has 0 saturated heterocycles. The lowest BCUT2D eigenvalue weighted by atomic mass is 10.1. The Hall–Kier alpha value is -2.44. The number of aromatic hydroxyl groups is 3. The maximum atomic E-state index is 11.6. The van der Waals surface area contributed by atoms with E-state index in [2.05, 4.69) is 10.6 Å². The first-order valence-corrected chi connectivity index (χ1v) is 5.75. The second kappa shape index (κ2) is 6.48. The molecule has 0 radical (unpaired) electrons.